The lowest BCUT2D eigenvalue weighted by molar-refractivity contribution is -0.133. The molecule has 1 heterocycles. The highest BCUT2D eigenvalue weighted by molar-refractivity contribution is 9.10. The minimum absolute atomic E-state index is 0.0138. The van der Waals surface area contributed by atoms with Crippen molar-refractivity contribution in [2.75, 3.05) is 26.4 Å². The molecule has 1 aliphatic rings. The highest BCUT2D eigenvalue weighted by atomic mass is 79.9. The van der Waals surface area contributed by atoms with Crippen LogP contribution in [0.15, 0.2) is 22.7 Å². The molecule has 19 heavy (non-hydrogen) atoms. The SMILES string of the molecule is CN(C)C(=O)C1CCCN1Cc1ccc(Br)c(N)c1. The Morgan fingerprint density at radius 3 is 2.89 bits per heavy atom. The van der Waals surface area contributed by atoms with Gasteiger partial charge in [-0.1, -0.05) is 6.07 Å². The van der Waals surface area contributed by atoms with E-state index >= 15 is 0 Å². The Kier molecular flexibility index (Phi) is 4.47. The number of amides is 1. The lowest BCUT2D eigenvalue weighted by Crippen LogP contribution is -2.42. The number of hydrogen-bond acceptors (Lipinski definition) is 3. The number of nitrogen functional groups attached to an aromatic ring is 1. The van der Waals surface area contributed by atoms with Crippen molar-refractivity contribution in [3.05, 3.63) is 28.2 Å². The summed E-state index contributed by atoms with van der Waals surface area (Å²) in [6.07, 6.45) is 2.03. The molecule has 0 aliphatic carbocycles. The van der Waals surface area contributed by atoms with Crippen LogP contribution in [0.3, 0.4) is 0 Å². The highest BCUT2D eigenvalue weighted by Crippen LogP contribution is 2.25. The standard InChI is InChI=1S/C14H20BrN3O/c1-17(2)14(19)13-4-3-7-18(13)9-10-5-6-11(15)12(16)8-10/h5-6,8,13H,3-4,7,9,16H2,1-2H3. The largest absolute Gasteiger partial charge is 0.398 e. The van der Waals surface area contributed by atoms with Crippen molar-refractivity contribution in [3.63, 3.8) is 0 Å². The fourth-order valence-corrected chi connectivity index (χ4v) is 2.77. The molecule has 1 aliphatic heterocycles. The predicted octanol–water partition coefficient (Wildman–Crippen LogP) is 2.08. The predicted molar refractivity (Wildman–Crippen MR) is 80.7 cm³/mol. The van der Waals surface area contributed by atoms with Gasteiger partial charge in [-0.15, -0.1) is 0 Å². The topological polar surface area (TPSA) is 49.6 Å². The van der Waals surface area contributed by atoms with Crippen molar-refractivity contribution in [2.45, 2.75) is 25.4 Å². The number of halogens is 1. The molecule has 1 unspecified atom stereocenters. The lowest BCUT2D eigenvalue weighted by Gasteiger charge is -2.26. The second-order valence-corrected chi connectivity index (χ2v) is 6.07. The number of nitrogens with zero attached hydrogens (tertiary/aromatic N) is 2. The van der Waals surface area contributed by atoms with Gasteiger partial charge in [-0.05, 0) is 53.0 Å². The quantitative estimate of drug-likeness (QED) is 0.866. The first kappa shape index (κ1) is 14.3. The van der Waals surface area contributed by atoms with E-state index in [4.69, 9.17) is 5.73 Å². The van der Waals surface area contributed by atoms with Gasteiger partial charge in [0.2, 0.25) is 5.91 Å². The van der Waals surface area contributed by atoms with E-state index in [9.17, 15) is 4.79 Å². The van der Waals surface area contributed by atoms with Gasteiger partial charge in [0.05, 0.1) is 6.04 Å². The number of likely N-dealkylation sites (N-methyl/N-ethyl adjacent to an activating group) is 1. The van der Waals surface area contributed by atoms with Gasteiger partial charge in [0.1, 0.15) is 0 Å². The van der Waals surface area contributed by atoms with E-state index in [1.54, 1.807) is 4.90 Å². The Bertz CT molecular complexity index is 476. The minimum atomic E-state index is 0.0138. The first-order valence-electron chi connectivity index (χ1n) is 6.48. The Labute approximate surface area is 122 Å². The summed E-state index contributed by atoms with van der Waals surface area (Å²) in [5, 5.41) is 0. The molecular formula is C14H20BrN3O. The van der Waals surface area contributed by atoms with Crippen molar-refractivity contribution in [2.24, 2.45) is 0 Å². The van der Waals surface area contributed by atoms with Crippen LogP contribution in [0.5, 0.6) is 0 Å². The van der Waals surface area contributed by atoms with Crippen LogP contribution in [0.2, 0.25) is 0 Å². The molecule has 2 rings (SSSR count). The van der Waals surface area contributed by atoms with Crippen molar-refractivity contribution in [1.82, 2.24) is 9.80 Å². The zero-order valence-electron chi connectivity index (χ0n) is 11.4. The maximum atomic E-state index is 12.1. The van der Waals surface area contributed by atoms with Crippen molar-refractivity contribution in [1.29, 1.82) is 0 Å². The second kappa shape index (κ2) is 5.92. The third-order valence-electron chi connectivity index (χ3n) is 3.54. The van der Waals surface area contributed by atoms with E-state index in [1.165, 1.54) is 0 Å². The van der Waals surface area contributed by atoms with Crippen LogP contribution in [0.1, 0.15) is 18.4 Å². The van der Waals surface area contributed by atoms with Crippen molar-refractivity contribution in [3.8, 4) is 0 Å². The molecule has 1 amide bonds. The van der Waals surface area contributed by atoms with Crippen LogP contribution in [0.4, 0.5) is 5.69 Å². The third kappa shape index (κ3) is 3.28. The van der Waals surface area contributed by atoms with Crippen molar-refractivity contribution >= 4 is 27.5 Å². The Morgan fingerprint density at radius 2 is 2.26 bits per heavy atom. The fourth-order valence-electron chi connectivity index (χ4n) is 2.52. The average Bonchev–Trinajstić information content (AvgIpc) is 2.81. The van der Waals surface area contributed by atoms with Gasteiger partial charge in [-0.2, -0.15) is 0 Å². The monoisotopic (exact) mass is 325 g/mol. The molecule has 0 bridgehead atoms. The molecular weight excluding hydrogens is 306 g/mol. The summed E-state index contributed by atoms with van der Waals surface area (Å²) >= 11 is 3.40. The van der Waals surface area contributed by atoms with Crippen molar-refractivity contribution < 1.29 is 4.79 Å². The van der Waals surface area contributed by atoms with Gasteiger partial charge in [0, 0.05) is 30.8 Å². The third-order valence-corrected chi connectivity index (χ3v) is 4.26. The van der Waals surface area contributed by atoms with Gasteiger partial charge >= 0.3 is 0 Å². The van der Waals surface area contributed by atoms with Crippen LogP contribution >= 0.6 is 15.9 Å². The second-order valence-electron chi connectivity index (χ2n) is 5.22. The van der Waals surface area contributed by atoms with Gasteiger partial charge in [0.25, 0.3) is 0 Å². The van der Waals surface area contributed by atoms with Crippen LogP contribution < -0.4 is 5.73 Å². The van der Waals surface area contributed by atoms with E-state index in [1.807, 2.05) is 26.2 Å². The minimum Gasteiger partial charge on any atom is -0.398 e. The summed E-state index contributed by atoms with van der Waals surface area (Å²) in [6.45, 7) is 1.75. The molecule has 0 spiro atoms. The summed E-state index contributed by atoms with van der Waals surface area (Å²) < 4.78 is 0.915. The van der Waals surface area contributed by atoms with Gasteiger partial charge in [0.15, 0.2) is 0 Å². The Hall–Kier alpha value is -1.07. The molecule has 1 atom stereocenters. The number of nitrogens with two attached hydrogens (primary N) is 1. The van der Waals surface area contributed by atoms with Crippen LogP contribution in [0, 0.1) is 0 Å². The van der Waals surface area contributed by atoms with Gasteiger partial charge in [-0.3, -0.25) is 9.69 Å². The zero-order valence-corrected chi connectivity index (χ0v) is 13.0. The number of anilines is 1. The van der Waals surface area contributed by atoms with Gasteiger partial charge in [-0.25, -0.2) is 0 Å². The molecule has 1 fully saturated rings. The van der Waals surface area contributed by atoms with Crippen LogP contribution in [0.25, 0.3) is 0 Å². The number of benzene rings is 1. The highest BCUT2D eigenvalue weighted by Gasteiger charge is 2.31. The maximum Gasteiger partial charge on any atom is 0.239 e. The summed E-state index contributed by atoms with van der Waals surface area (Å²) in [6, 6.07) is 6.00. The molecule has 0 radical (unpaired) electrons. The molecule has 4 nitrogen and oxygen atoms in total. The summed E-state index contributed by atoms with van der Waals surface area (Å²) in [5.74, 6) is 0.197. The normalized spacial score (nSPS) is 19.6. The van der Waals surface area contributed by atoms with Crippen LogP contribution in [-0.2, 0) is 11.3 Å². The van der Waals surface area contributed by atoms with E-state index in [2.05, 4.69) is 26.9 Å². The van der Waals surface area contributed by atoms with E-state index in [0.717, 1.165) is 41.7 Å². The molecule has 1 aromatic carbocycles. The molecule has 0 saturated carbocycles. The number of carbonyl (C=O) groups is 1. The first-order chi connectivity index (χ1) is 8.99. The van der Waals surface area contributed by atoms with E-state index in [0.29, 0.717) is 0 Å². The number of hydrogen-bond donors (Lipinski definition) is 1. The Morgan fingerprint density at radius 1 is 1.53 bits per heavy atom. The number of carbonyl (C=O) groups excluding carboxylic acids is 1. The lowest BCUT2D eigenvalue weighted by atomic mass is 10.1. The smallest absolute Gasteiger partial charge is 0.239 e. The molecule has 5 heteroatoms. The van der Waals surface area contributed by atoms with Crippen LogP contribution in [-0.4, -0.2) is 42.4 Å². The zero-order chi connectivity index (χ0) is 14.0. The van der Waals surface area contributed by atoms with E-state index < -0.39 is 0 Å². The average molecular weight is 326 g/mol. The summed E-state index contributed by atoms with van der Waals surface area (Å²) in [4.78, 5) is 16.0. The molecule has 1 saturated heterocycles. The summed E-state index contributed by atoms with van der Waals surface area (Å²) in [5.41, 5.74) is 7.79. The Balaban J connectivity index is 2.09. The van der Waals surface area contributed by atoms with E-state index in [-0.39, 0.29) is 11.9 Å². The number of likely N-dealkylation sites (tertiary alicyclic amines) is 1. The number of rotatable bonds is 3. The molecule has 104 valence electrons. The molecule has 2 N–H and O–H groups in total. The first-order valence-corrected chi connectivity index (χ1v) is 7.27. The molecule has 1 aromatic rings. The summed E-state index contributed by atoms with van der Waals surface area (Å²) in [7, 11) is 3.63. The van der Waals surface area contributed by atoms with Gasteiger partial charge < -0.3 is 10.6 Å². The molecule has 0 aromatic heterocycles. The maximum absolute atomic E-state index is 12.1. The fraction of sp³-hybridized carbons (Fsp3) is 0.500.